The Hall–Kier alpha value is -2.56. The standard InChI is InChI=1S/C21H21FN2O2/c1-11-3-2-4-15-17(7-8-26-20(11)15)23-21(25)24-19-16-10-12-9-13(22)5-6-14(12)18(16)19/h2-6,9,16-19H,7-8,10H2,1H3,(H2,23,24,25)/t16?,17-,18?,19?/m1/s1. The molecule has 3 aliphatic rings. The first-order valence-corrected chi connectivity index (χ1v) is 9.19. The van der Waals surface area contributed by atoms with Crippen LogP contribution in [-0.2, 0) is 6.42 Å². The van der Waals surface area contributed by atoms with E-state index in [0.29, 0.717) is 18.4 Å². The van der Waals surface area contributed by atoms with E-state index in [-0.39, 0.29) is 23.9 Å². The van der Waals surface area contributed by atoms with Crippen LogP contribution in [0.15, 0.2) is 36.4 Å². The highest BCUT2D eigenvalue weighted by atomic mass is 19.1. The molecule has 134 valence electrons. The Labute approximate surface area is 151 Å². The van der Waals surface area contributed by atoms with Gasteiger partial charge in [-0.15, -0.1) is 0 Å². The van der Waals surface area contributed by atoms with Crippen LogP contribution in [0, 0.1) is 18.7 Å². The first-order valence-electron chi connectivity index (χ1n) is 9.19. The molecular weight excluding hydrogens is 331 g/mol. The zero-order valence-electron chi connectivity index (χ0n) is 14.6. The number of fused-ring (bicyclic) bond motifs is 4. The molecule has 0 aromatic heterocycles. The number of halogens is 1. The van der Waals surface area contributed by atoms with E-state index in [1.54, 1.807) is 6.07 Å². The molecule has 2 amide bonds. The van der Waals surface area contributed by atoms with Gasteiger partial charge in [0, 0.05) is 23.9 Å². The molecule has 0 saturated heterocycles. The van der Waals surface area contributed by atoms with E-state index >= 15 is 0 Å². The van der Waals surface area contributed by atoms with Crippen molar-refractivity contribution in [3.63, 3.8) is 0 Å². The fourth-order valence-corrected chi connectivity index (χ4v) is 4.66. The van der Waals surface area contributed by atoms with Crippen molar-refractivity contribution in [1.82, 2.24) is 10.6 Å². The Morgan fingerprint density at radius 1 is 1.19 bits per heavy atom. The van der Waals surface area contributed by atoms with E-state index in [1.165, 1.54) is 11.6 Å². The maximum atomic E-state index is 13.3. The van der Waals surface area contributed by atoms with Crippen LogP contribution < -0.4 is 15.4 Å². The molecule has 3 unspecified atom stereocenters. The Morgan fingerprint density at radius 3 is 2.96 bits per heavy atom. The number of amides is 2. The summed E-state index contributed by atoms with van der Waals surface area (Å²) >= 11 is 0. The van der Waals surface area contributed by atoms with Crippen LogP contribution in [0.5, 0.6) is 5.75 Å². The number of benzene rings is 2. The van der Waals surface area contributed by atoms with E-state index in [2.05, 4.69) is 10.6 Å². The number of nitrogens with one attached hydrogen (secondary N) is 2. The first kappa shape index (κ1) is 15.7. The van der Waals surface area contributed by atoms with E-state index < -0.39 is 0 Å². The molecule has 0 radical (unpaired) electrons. The second-order valence-electron chi connectivity index (χ2n) is 7.56. The molecule has 0 spiro atoms. The fourth-order valence-electron chi connectivity index (χ4n) is 4.66. The van der Waals surface area contributed by atoms with Gasteiger partial charge >= 0.3 is 6.03 Å². The van der Waals surface area contributed by atoms with Crippen LogP contribution in [0.2, 0.25) is 0 Å². The highest BCUT2D eigenvalue weighted by molar-refractivity contribution is 5.76. The number of hydrogen-bond donors (Lipinski definition) is 2. The van der Waals surface area contributed by atoms with Crippen LogP contribution in [0.4, 0.5) is 9.18 Å². The number of aryl methyl sites for hydroxylation is 1. The summed E-state index contributed by atoms with van der Waals surface area (Å²) in [6, 6.07) is 11.0. The van der Waals surface area contributed by atoms with Gasteiger partial charge in [-0.05, 0) is 48.1 Å². The molecule has 5 rings (SSSR count). The highest BCUT2D eigenvalue weighted by Crippen LogP contribution is 2.56. The van der Waals surface area contributed by atoms with Crippen LogP contribution >= 0.6 is 0 Å². The summed E-state index contributed by atoms with van der Waals surface area (Å²) < 4.78 is 19.1. The van der Waals surface area contributed by atoms with Crippen LogP contribution in [-0.4, -0.2) is 18.7 Å². The summed E-state index contributed by atoms with van der Waals surface area (Å²) in [6.45, 7) is 2.63. The largest absolute Gasteiger partial charge is 0.493 e. The second-order valence-corrected chi connectivity index (χ2v) is 7.56. The number of carbonyl (C=O) groups is 1. The molecule has 4 atom stereocenters. The minimum Gasteiger partial charge on any atom is -0.493 e. The molecule has 1 fully saturated rings. The highest BCUT2D eigenvalue weighted by Gasteiger charge is 2.56. The monoisotopic (exact) mass is 352 g/mol. The second kappa shape index (κ2) is 5.73. The van der Waals surface area contributed by atoms with E-state index in [9.17, 15) is 9.18 Å². The SMILES string of the molecule is Cc1cccc2c1OCC[C@H]2NC(=O)NC1C2Cc3cc(F)ccc3C21. The van der Waals surface area contributed by atoms with Gasteiger partial charge in [-0.25, -0.2) is 9.18 Å². The van der Waals surface area contributed by atoms with Gasteiger partial charge in [-0.3, -0.25) is 0 Å². The molecule has 1 saturated carbocycles. The van der Waals surface area contributed by atoms with Crippen molar-refractivity contribution in [3.8, 4) is 5.75 Å². The number of carbonyl (C=O) groups excluding carboxylic acids is 1. The Kier molecular flexibility index (Phi) is 3.45. The molecule has 5 heteroatoms. The summed E-state index contributed by atoms with van der Waals surface area (Å²) in [5.41, 5.74) is 4.42. The van der Waals surface area contributed by atoms with Crippen molar-refractivity contribution >= 4 is 6.03 Å². The summed E-state index contributed by atoms with van der Waals surface area (Å²) in [6.07, 6.45) is 1.62. The third-order valence-corrected chi connectivity index (χ3v) is 5.96. The predicted molar refractivity (Wildman–Crippen MR) is 95.8 cm³/mol. The molecule has 1 aliphatic heterocycles. The minimum absolute atomic E-state index is 0.0291. The summed E-state index contributed by atoms with van der Waals surface area (Å²) in [5.74, 6) is 1.45. The molecule has 1 heterocycles. The molecule has 2 aromatic rings. The van der Waals surface area contributed by atoms with Crippen molar-refractivity contribution in [2.45, 2.75) is 37.8 Å². The Balaban J connectivity index is 1.25. The van der Waals surface area contributed by atoms with Gasteiger partial charge in [0.1, 0.15) is 11.6 Å². The van der Waals surface area contributed by atoms with Crippen molar-refractivity contribution < 1.29 is 13.9 Å². The Bertz CT molecular complexity index is 898. The number of hydrogen-bond acceptors (Lipinski definition) is 2. The van der Waals surface area contributed by atoms with Crippen molar-refractivity contribution in [2.24, 2.45) is 5.92 Å². The van der Waals surface area contributed by atoms with Gasteiger partial charge in [0.2, 0.25) is 0 Å². The van der Waals surface area contributed by atoms with Gasteiger partial charge in [0.15, 0.2) is 0 Å². The fraction of sp³-hybridized carbons (Fsp3) is 0.381. The van der Waals surface area contributed by atoms with E-state index in [4.69, 9.17) is 4.74 Å². The van der Waals surface area contributed by atoms with Crippen molar-refractivity contribution in [1.29, 1.82) is 0 Å². The number of ether oxygens (including phenoxy) is 1. The topological polar surface area (TPSA) is 50.4 Å². The van der Waals surface area contributed by atoms with Crippen LogP contribution in [0.25, 0.3) is 0 Å². The van der Waals surface area contributed by atoms with Gasteiger partial charge in [-0.1, -0.05) is 24.3 Å². The van der Waals surface area contributed by atoms with Gasteiger partial charge < -0.3 is 15.4 Å². The lowest BCUT2D eigenvalue weighted by atomic mass is 9.98. The average Bonchev–Trinajstić information content (AvgIpc) is 3.12. The summed E-state index contributed by atoms with van der Waals surface area (Å²) in [5, 5.41) is 6.23. The Morgan fingerprint density at radius 2 is 2.08 bits per heavy atom. The summed E-state index contributed by atoms with van der Waals surface area (Å²) in [7, 11) is 0. The zero-order valence-corrected chi connectivity index (χ0v) is 14.6. The molecule has 2 N–H and O–H groups in total. The predicted octanol–water partition coefficient (Wildman–Crippen LogP) is 3.60. The minimum atomic E-state index is -0.180. The van der Waals surface area contributed by atoms with E-state index in [0.717, 1.165) is 35.3 Å². The maximum absolute atomic E-state index is 13.3. The summed E-state index contributed by atoms with van der Waals surface area (Å²) in [4.78, 5) is 12.5. The zero-order chi connectivity index (χ0) is 17.8. The maximum Gasteiger partial charge on any atom is 0.315 e. The van der Waals surface area contributed by atoms with Gasteiger partial charge in [0.25, 0.3) is 0 Å². The van der Waals surface area contributed by atoms with E-state index in [1.807, 2.05) is 31.2 Å². The smallest absolute Gasteiger partial charge is 0.315 e. The lowest BCUT2D eigenvalue weighted by molar-refractivity contribution is 0.222. The first-order chi connectivity index (χ1) is 12.6. The van der Waals surface area contributed by atoms with Crippen LogP contribution in [0.3, 0.4) is 0 Å². The normalized spacial score (nSPS) is 27.6. The third kappa shape index (κ3) is 2.45. The molecule has 2 aliphatic carbocycles. The molecule has 0 bridgehead atoms. The average molecular weight is 352 g/mol. The number of urea groups is 1. The number of rotatable bonds is 2. The lowest BCUT2D eigenvalue weighted by Crippen LogP contribution is -2.41. The van der Waals surface area contributed by atoms with Gasteiger partial charge in [0.05, 0.1) is 12.6 Å². The molecule has 2 aromatic carbocycles. The molecular formula is C21H21FN2O2. The van der Waals surface area contributed by atoms with Gasteiger partial charge in [-0.2, -0.15) is 0 Å². The quantitative estimate of drug-likeness (QED) is 0.868. The third-order valence-electron chi connectivity index (χ3n) is 5.96. The molecule has 26 heavy (non-hydrogen) atoms. The van der Waals surface area contributed by atoms with Crippen molar-refractivity contribution in [3.05, 3.63) is 64.5 Å². The van der Waals surface area contributed by atoms with Crippen molar-refractivity contribution in [2.75, 3.05) is 6.61 Å². The number of para-hydroxylation sites is 1. The van der Waals surface area contributed by atoms with Crippen LogP contribution in [0.1, 0.15) is 40.6 Å². The molecule has 4 nitrogen and oxygen atoms in total. The lowest BCUT2D eigenvalue weighted by Gasteiger charge is -2.28.